The number of carbonyl (C=O) groups is 1. The predicted octanol–water partition coefficient (Wildman–Crippen LogP) is 3.35. The summed E-state index contributed by atoms with van der Waals surface area (Å²) in [4.78, 5) is 19.3. The molecule has 1 saturated heterocycles. The zero-order chi connectivity index (χ0) is 19.3. The van der Waals surface area contributed by atoms with Crippen molar-refractivity contribution in [1.82, 2.24) is 14.0 Å². The summed E-state index contributed by atoms with van der Waals surface area (Å²) in [5.74, 6) is 1.80. The van der Waals surface area contributed by atoms with Crippen molar-refractivity contribution >= 4 is 17.0 Å². The number of pyridine rings is 1. The first-order valence-electron chi connectivity index (χ1n) is 10.1. The van der Waals surface area contributed by atoms with Crippen molar-refractivity contribution in [2.75, 3.05) is 31.2 Å². The van der Waals surface area contributed by atoms with Crippen LogP contribution in [0.3, 0.4) is 0 Å². The Morgan fingerprint density at radius 3 is 2.82 bits per heavy atom. The molecule has 0 spiro atoms. The number of carbonyl (C=O) groups excluding carboxylic acids is 1. The van der Waals surface area contributed by atoms with Gasteiger partial charge in [0.2, 0.25) is 0 Å². The van der Waals surface area contributed by atoms with Crippen LogP contribution in [0.5, 0.6) is 0 Å². The molecule has 0 bridgehead atoms. The van der Waals surface area contributed by atoms with E-state index in [9.17, 15) is 4.79 Å². The highest BCUT2D eigenvalue weighted by Crippen LogP contribution is 2.37. The Morgan fingerprint density at radius 2 is 2.04 bits per heavy atom. The van der Waals surface area contributed by atoms with Crippen LogP contribution in [0.25, 0.3) is 5.52 Å². The van der Waals surface area contributed by atoms with E-state index in [0.717, 1.165) is 56.2 Å². The van der Waals surface area contributed by atoms with Crippen molar-refractivity contribution in [2.45, 2.75) is 32.7 Å². The zero-order valence-corrected chi connectivity index (χ0v) is 16.5. The molecular formula is C22H26N4O2. The Bertz CT molecular complexity index is 1030. The Hall–Kier alpha value is -2.60. The van der Waals surface area contributed by atoms with Gasteiger partial charge in [0.15, 0.2) is 5.78 Å². The third kappa shape index (κ3) is 2.83. The van der Waals surface area contributed by atoms with E-state index >= 15 is 0 Å². The van der Waals surface area contributed by atoms with Crippen molar-refractivity contribution in [1.29, 1.82) is 0 Å². The van der Waals surface area contributed by atoms with Crippen molar-refractivity contribution < 1.29 is 9.53 Å². The van der Waals surface area contributed by atoms with Crippen LogP contribution in [0, 0.1) is 5.92 Å². The Morgan fingerprint density at radius 1 is 1.21 bits per heavy atom. The number of nitrogens with zero attached hydrogens (tertiary/aromatic N) is 4. The van der Waals surface area contributed by atoms with Crippen molar-refractivity contribution in [3.8, 4) is 0 Å². The maximum Gasteiger partial charge on any atom is 0.176 e. The second-order valence-corrected chi connectivity index (χ2v) is 8.09. The van der Waals surface area contributed by atoms with Crippen molar-refractivity contribution in [2.24, 2.45) is 5.92 Å². The summed E-state index contributed by atoms with van der Waals surface area (Å²) in [5.41, 5.74) is 4.28. The first-order valence-corrected chi connectivity index (χ1v) is 10.1. The van der Waals surface area contributed by atoms with E-state index in [1.807, 2.05) is 12.4 Å². The molecule has 0 saturated carbocycles. The van der Waals surface area contributed by atoms with E-state index in [1.165, 1.54) is 11.3 Å². The van der Waals surface area contributed by atoms with Gasteiger partial charge in [0.05, 0.1) is 30.5 Å². The van der Waals surface area contributed by atoms with E-state index in [0.29, 0.717) is 5.92 Å². The smallest absolute Gasteiger partial charge is 0.176 e. The van der Waals surface area contributed by atoms with E-state index in [2.05, 4.69) is 50.2 Å². The number of anilines is 1. The molecule has 2 aliphatic rings. The summed E-state index contributed by atoms with van der Waals surface area (Å²) in [6.07, 6.45) is 8.08. The number of hydrogen-bond acceptors (Lipinski definition) is 4. The van der Waals surface area contributed by atoms with Crippen molar-refractivity contribution in [3.63, 3.8) is 0 Å². The third-order valence-electron chi connectivity index (χ3n) is 6.12. The normalized spacial score (nSPS) is 22.4. The number of ether oxygens (including phenoxy) is 1. The van der Waals surface area contributed by atoms with E-state index in [4.69, 9.17) is 4.74 Å². The Balaban J connectivity index is 1.66. The number of aromatic nitrogens is 3. The van der Waals surface area contributed by atoms with Crippen LogP contribution in [0.4, 0.5) is 5.69 Å². The fraction of sp³-hybridized carbons (Fsp3) is 0.455. The first-order chi connectivity index (χ1) is 13.6. The highest BCUT2D eigenvalue weighted by Gasteiger charge is 2.29. The topological polar surface area (TPSA) is 51.8 Å². The van der Waals surface area contributed by atoms with Crippen LogP contribution in [0.15, 0.2) is 36.8 Å². The molecular weight excluding hydrogens is 352 g/mol. The average Bonchev–Trinajstić information content (AvgIpc) is 3.32. The van der Waals surface area contributed by atoms with Crippen LogP contribution < -0.4 is 4.90 Å². The lowest BCUT2D eigenvalue weighted by Gasteiger charge is -2.30. The molecule has 0 amide bonds. The molecule has 6 nitrogen and oxygen atoms in total. The summed E-state index contributed by atoms with van der Waals surface area (Å²) in [5, 5.41) is 0. The fourth-order valence-corrected chi connectivity index (χ4v) is 4.72. The number of ketones is 1. The van der Waals surface area contributed by atoms with Crippen LogP contribution in [-0.2, 0) is 11.2 Å². The molecule has 0 aliphatic carbocycles. The molecule has 0 radical (unpaired) electrons. The highest BCUT2D eigenvalue weighted by atomic mass is 16.5. The number of morpholine rings is 1. The highest BCUT2D eigenvalue weighted by molar-refractivity contribution is 5.95. The van der Waals surface area contributed by atoms with Gasteiger partial charge < -0.3 is 18.6 Å². The summed E-state index contributed by atoms with van der Waals surface area (Å²) >= 11 is 0. The van der Waals surface area contributed by atoms with Gasteiger partial charge in [-0.05, 0) is 30.5 Å². The number of Topliss-reactive ketones (excluding diaryl/α,β-unsaturated/α-hetero) is 1. The fourth-order valence-electron chi connectivity index (χ4n) is 4.72. The summed E-state index contributed by atoms with van der Waals surface area (Å²) in [6, 6.07) is 6.65. The van der Waals surface area contributed by atoms with E-state index in [-0.39, 0.29) is 11.8 Å². The lowest BCUT2D eigenvalue weighted by atomic mass is 9.90. The summed E-state index contributed by atoms with van der Waals surface area (Å²) < 4.78 is 9.85. The van der Waals surface area contributed by atoms with Crippen molar-refractivity contribution in [3.05, 3.63) is 53.9 Å². The monoisotopic (exact) mass is 378 g/mol. The van der Waals surface area contributed by atoms with Gasteiger partial charge in [-0.25, -0.2) is 4.98 Å². The Labute approximate surface area is 164 Å². The first kappa shape index (κ1) is 17.5. The summed E-state index contributed by atoms with van der Waals surface area (Å²) in [6.45, 7) is 7.25. The maximum atomic E-state index is 12.3. The third-order valence-corrected chi connectivity index (χ3v) is 6.12. The molecule has 0 N–H and O–H groups in total. The molecule has 3 aromatic heterocycles. The van der Waals surface area contributed by atoms with Gasteiger partial charge in [0, 0.05) is 56.3 Å². The lowest BCUT2D eigenvalue weighted by Crippen LogP contribution is -2.36. The number of hydrogen-bond donors (Lipinski definition) is 0. The van der Waals surface area contributed by atoms with Gasteiger partial charge in [-0.1, -0.05) is 6.92 Å². The molecule has 0 aromatic carbocycles. The molecule has 28 heavy (non-hydrogen) atoms. The van der Waals surface area contributed by atoms with Gasteiger partial charge in [0.25, 0.3) is 0 Å². The standard InChI is InChI=1S/C22H26N4O2/c1-15-11-20(26-6-4-23-22(26)12-15)18-14-19(16(2)27)25-5-3-17(13-21(18)25)24-7-9-28-10-8-24/h3-6,13-15,20H,7-12H2,1-2H3. The van der Waals surface area contributed by atoms with Gasteiger partial charge in [-0.3, -0.25) is 4.79 Å². The van der Waals surface area contributed by atoms with Gasteiger partial charge in [0.1, 0.15) is 5.82 Å². The Kier molecular flexibility index (Phi) is 4.23. The molecule has 146 valence electrons. The molecule has 6 heteroatoms. The molecule has 2 aliphatic heterocycles. The maximum absolute atomic E-state index is 12.3. The largest absolute Gasteiger partial charge is 0.378 e. The van der Waals surface area contributed by atoms with Crippen LogP contribution in [0.2, 0.25) is 0 Å². The SMILES string of the molecule is CC(=O)c1cc(C2CC(C)Cc3nccn32)c2cc(N3CCOCC3)ccn12. The van der Waals surface area contributed by atoms with Gasteiger partial charge >= 0.3 is 0 Å². The second kappa shape index (κ2) is 6.78. The van der Waals surface area contributed by atoms with Gasteiger partial charge in [-0.15, -0.1) is 0 Å². The number of imidazole rings is 1. The van der Waals surface area contributed by atoms with E-state index in [1.54, 1.807) is 6.92 Å². The molecule has 2 atom stereocenters. The van der Waals surface area contributed by atoms with Crippen LogP contribution in [-0.4, -0.2) is 46.0 Å². The minimum Gasteiger partial charge on any atom is -0.378 e. The number of rotatable bonds is 3. The lowest BCUT2D eigenvalue weighted by molar-refractivity contribution is 0.101. The van der Waals surface area contributed by atoms with Crippen LogP contribution >= 0.6 is 0 Å². The second-order valence-electron chi connectivity index (χ2n) is 8.09. The van der Waals surface area contributed by atoms with E-state index < -0.39 is 0 Å². The zero-order valence-electron chi connectivity index (χ0n) is 16.5. The number of fused-ring (bicyclic) bond motifs is 2. The molecule has 2 unspecified atom stereocenters. The molecule has 3 aromatic rings. The summed E-state index contributed by atoms with van der Waals surface area (Å²) in [7, 11) is 0. The molecule has 5 heterocycles. The van der Waals surface area contributed by atoms with Gasteiger partial charge in [-0.2, -0.15) is 0 Å². The minimum atomic E-state index is 0.0927. The molecule has 5 rings (SSSR count). The average molecular weight is 378 g/mol. The predicted molar refractivity (Wildman–Crippen MR) is 108 cm³/mol. The quantitative estimate of drug-likeness (QED) is 0.656. The molecule has 1 fully saturated rings. The van der Waals surface area contributed by atoms with Crippen LogP contribution in [0.1, 0.15) is 48.2 Å². The minimum absolute atomic E-state index is 0.0927.